The van der Waals surface area contributed by atoms with Crippen LogP contribution in [-0.4, -0.2) is 36.0 Å². The van der Waals surface area contributed by atoms with Crippen LogP contribution in [0.5, 0.6) is 0 Å². The summed E-state index contributed by atoms with van der Waals surface area (Å²) in [5.74, 6) is 2.32. The summed E-state index contributed by atoms with van der Waals surface area (Å²) in [6.45, 7) is 7.20. The minimum atomic E-state index is 0.181. The van der Waals surface area contributed by atoms with Gasteiger partial charge in [0.05, 0.1) is 6.20 Å². The summed E-state index contributed by atoms with van der Waals surface area (Å²) >= 11 is 0. The molecule has 0 aliphatic rings. The fourth-order valence-corrected chi connectivity index (χ4v) is 5.18. The molecule has 2 aromatic heterocycles. The summed E-state index contributed by atoms with van der Waals surface area (Å²) in [4.78, 5) is 17.9. The largest absolute Gasteiger partial charge is 0.321 e. The highest BCUT2D eigenvalue weighted by atomic mass is 16.1. The van der Waals surface area contributed by atoms with Gasteiger partial charge in [0.25, 0.3) is 0 Å². The van der Waals surface area contributed by atoms with Crippen LogP contribution < -0.4 is 0 Å². The van der Waals surface area contributed by atoms with Gasteiger partial charge in [-0.2, -0.15) is 5.21 Å². The molecule has 3 aromatic carbocycles. The van der Waals surface area contributed by atoms with Gasteiger partial charge in [0.2, 0.25) is 5.82 Å². The van der Waals surface area contributed by atoms with Gasteiger partial charge in [0, 0.05) is 24.9 Å². The standard InChI is InChI=1S/C34H38N6O/c1-4-5-14-33-35-22-31(32(41)13-9-10-24(2)3)40(33)23-25-15-17-27(18-16-25)30-21-28(26-11-7-6-8-12-26)19-20-29(30)34-36-38-39-37-34/h6-8,11-12,15-22,24H,4-5,9-10,13-14,23H2,1-3H3,(H,36,37,38,39). The summed E-state index contributed by atoms with van der Waals surface area (Å²) in [6.07, 6.45) is 7.31. The number of benzene rings is 3. The molecule has 2 heterocycles. The molecule has 0 saturated heterocycles. The van der Waals surface area contributed by atoms with Crippen LogP contribution in [0.1, 0.15) is 74.8 Å². The van der Waals surface area contributed by atoms with Crippen LogP contribution in [-0.2, 0) is 13.0 Å². The highest BCUT2D eigenvalue weighted by molar-refractivity contribution is 5.94. The van der Waals surface area contributed by atoms with Crippen LogP contribution in [0.2, 0.25) is 0 Å². The van der Waals surface area contributed by atoms with E-state index < -0.39 is 0 Å². The lowest BCUT2D eigenvalue weighted by atomic mass is 9.93. The monoisotopic (exact) mass is 546 g/mol. The first-order valence-corrected chi connectivity index (χ1v) is 14.6. The third-order valence-electron chi connectivity index (χ3n) is 7.48. The third-order valence-corrected chi connectivity index (χ3v) is 7.48. The van der Waals surface area contributed by atoms with Gasteiger partial charge >= 0.3 is 0 Å². The van der Waals surface area contributed by atoms with Crippen LogP contribution in [0.4, 0.5) is 0 Å². The number of hydrogen-bond acceptors (Lipinski definition) is 5. The number of nitrogens with zero attached hydrogens (tertiary/aromatic N) is 5. The number of unbranched alkanes of at least 4 members (excludes halogenated alkanes) is 1. The van der Waals surface area contributed by atoms with E-state index in [1.807, 2.05) is 18.2 Å². The fraction of sp³-hybridized carbons (Fsp3) is 0.324. The van der Waals surface area contributed by atoms with Crippen LogP contribution in [0.15, 0.2) is 79.0 Å². The van der Waals surface area contributed by atoms with Crippen molar-refractivity contribution in [2.24, 2.45) is 5.92 Å². The number of ketones is 1. The molecule has 7 heteroatoms. The summed E-state index contributed by atoms with van der Waals surface area (Å²) in [5, 5.41) is 14.8. The molecule has 0 radical (unpaired) electrons. The van der Waals surface area contributed by atoms with E-state index in [2.05, 4.69) is 106 Å². The third kappa shape index (κ3) is 6.85. The Bertz CT molecular complexity index is 1550. The second kappa shape index (κ2) is 13.3. The van der Waals surface area contributed by atoms with E-state index in [9.17, 15) is 4.79 Å². The number of hydrogen-bond donors (Lipinski definition) is 1. The Morgan fingerprint density at radius 1 is 0.902 bits per heavy atom. The van der Waals surface area contributed by atoms with Crippen LogP contribution >= 0.6 is 0 Å². The molecule has 0 spiro atoms. The van der Waals surface area contributed by atoms with E-state index >= 15 is 0 Å². The zero-order valence-corrected chi connectivity index (χ0v) is 24.2. The molecule has 0 unspecified atom stereocenters. The maximum Gasteiger partial charge on any atom is 0.205 e. The van der Waals surface area contributed by atoms with Crippen LogP contribution in [0.3, 0.4) is 0 Å². The van der Waals surface area contributed by atoms with Crippen molar-refractivity contribution in [1.29, 1.82) is 0 Å². The van der Waals surface area contributed by atoms with Crippen molar-refractivity contribution >= 4 is 5.78 Å². The minimum absolute atomic E-state index is 0.181. The molecule has 0 fully saturated rings. The van der Waals surface area contributed by atoms with Crippen molar-refractivity contribution in [3.05, 3.63) is 96.1 Å². The van der Waals surface area contributed by atoms with Gasteiger partial charge in [-0.3, -0.25) is 4.79 Å². The lowest BCUT2D eigenvalue weighted by Crippen LogP contribution is -2.13. The zero-order valence-electron chi connectivity index (χ0n) is 24.2. The predicted molar refractivity (Wildman–Crippen MR) is 163 cm³/mol. The number of tetrazole rings is 1. The first-order valence-electron chi connectivity index (χ1n) is 14.6. The van der Waals surface area contributed by atoms with Gasteiger partial charge in [0.15, 0.2) is 5.78 Å². The average molecular weight is 547 g/mol. The van der Waals surface area contributed by atoms with E-state index in [1.165, 1.54) is 0 Å². The number of nitrogens with one attached hydrogen (secondary N) is 1. The van der Waals surface area contributed by atoms with E-state index in [4.69, 9.17) is 0 Å². The first kappa shape index (κ1) is 28.1. The molecule has 1 N–H and O–H groups in total. The molecule has 0 bridgehead atoms. The molecule has 0 atom stereocenters. The number of carbonyl (C=O) groups is 1. The van der Waals surface area contributed by atoms with E-state index in [0.29, 0.717) is 24.7 Å². The van der Waals surface area contributed by atoms with Crippen LogP contribution in [0, 0.1) is 5.92 Å². The molecule has 5 rings (SSSR count). The molecular formula is C34H38N6O. The molecule has 0 saturated carbocycles. The van der Waals surface area contributed by atoms with Gasteiger partial charge in [0.1, 0.15) is 11.5 Å². The number of aryl methyl sites for hydroxylation is 1. The predicted octanol–water partition coefficient (Wildman–Crippen LogP) is 7.80. The van der Waals surface area contributed by atoms with Crippen molar-refractivity contribution < 1.29 is 4.79 Å². The highest BCUT2D eigenvalue weighted by Gasteiger charge is 2.18. The molecule has 7 nitrogen and oxygen atoms in total. The number of rotatable bonds is 13. The second-order valence-corrected chi connectivity index (χ2v) is 11.0. The topological polar surface area (TPSA) is 89.4 Å². The lowest BCUT2D eigenvalue weighted by Gasteiger charge is -2.14. The summed E-state index contributed by atoms with van der Waals surface area (Å²) < 4.78 is 2.13. The van der Waals surface area contributed by atoms with Gasteiger partial charge in [-0.25, -0.2) is 4.98 Å². The summed E-state index contributed by atoms with van der Waals surface area (Å²) in [7, 11) is 0. The Kier molecular flexibility index (Phi) is 9.14. The fourth-order valence-electron chi connectivity index (χ4n) is 5.18. The number of Topliss-reactive ketones (excluding diaryl/α,β-unsaturated/α-hetero) is 1. The number of aromatic nitrogens is 6. The first-order chi connectivity index (χ1) is 20.0. The Morgan fingerprint density at radius 3 is 2.39 bits per heavy atom. The molecule has 5 aromatic rings. The molecular weight excluding hydrogens is 508 g/mol. The van der Waals surface area contributed by atoms with E-state index in [0.717, 1.165) is 77.0 Å². The van der Waals surface area contributed by atoms with Crippen molar-refractivity contribution in [1.82, 2.24) is 30.2 Å². The molecule has 0 aliphatic carbocycles. The van der Waals surface area contributed by atoms with Crippen molar-refractivity contribution in [2.75, 3.05) is 0 Å². The van der Waals surface area contributed by atoms with Crippen molar-refractivity contribution in [3.8, 4) is 33.6 Å². The second-order valence-electron chi connectivity index (χ2n) is 11.0. The molecule has 0 aliphatic heterocycles. The molecule has 41 heavy (non-hydrogen) atoms. The Hall–Kier alpha value is -4.39. The summed E-state index contributed by atoms with van der Waals surface area (Å²) in [6, 6.07) is 25.2. The smallest absolute Gasteiger partial charge is 0.205 e. The van der Waals surface area contributed by atoms with E-state index in [-0.39, 0.29) is 5.78 Å². The zero-order chi connectivity index (χ0) is 28.6. The molecule has 210 valence electrons. The SMILES string of the molecule is CCCCc1ncc(C(=O)CCCC(C)C)n1Cc1ccc(-c2cc(-c3ccccc3)ccc2-c2nn[nH]n2)cc1. The van der Waals surface area contributed by atoms with Gasteiger partial charge in [-0.1, -0.05) is 94.3 Å². The van der Waals surface area contributed by atoms with Crippen molar-refractivity contribution in [2.45, 2.75) is 65.8 Å². The Labute approximate surface area is 242 Å². The Morgan fingerprint density at radius 2 is 1.68 bits per heavy atom. The van der Waals surface area contributed by atoms with Crippen LogP contribution in [0.25, 0.3) is 33.6 Å². The maximum absolute atomic E-state index is 13.2. The lowest BCUT2D eigenvalue weighted by molar-refractivity contribution is 0.0969. The quantitative estimate of drug-likeness (QED) is 0.152. The normalized spacial score (nSPS) is 11.3. The molecule has 0 amide bonds. The number of aromatic amines is 1. The van der Waals surface area contributed by atoms with Crippen molar-refractivity contribution in [3.63, 3.8) is 0 Å². The van der Waals surface area contributed by atoms with Gasteiger partial charge < -0.3 is 4.57 Å². The summed E-state index contributed by atoms with van der Waals surface area (Å²) in [5.41, 5.74) is 7.13. The maximum atomic E-state index is 13.2. The number of imidazole rings is 1. The minimum Gasteiger partial charge on any atom is -0.321 e. The van der Waals surface area contributed by atoms with E-state index in [1.54, 1.807) is 6.20 Å². The van der Waals surface area contributed by atoms with Gasteiger partial charge in [-0.15, -0.1) is 10.2 Å². The average Bonchev–Trinajstić information content (AvgIpc) is 3.67. The number of H-pyrrole nitrogens is 1. The van der Waals surface area contributed by atoms with Gasteiger partial charge in [-0.05, 0) is 63.9 Å². The number of carbonyl (C=O) groups excluding carboxylic acids is 1. The Balaban J connectivity index is 1.44. The highest BCUT2D eigenvalue weighted by Crippen LogP contribution is 2.34.